The summed E-state index contributed by atoms with van der Waals surface area (Å²) < 4.78 is 18.1. The topological polar surface area (TPSA) is 9.23 Å². The first kappa shape index (κ1) is 6.65. The third-order valence-corrected chi connectivity index (χ3v) is 1.93. The molecule has 0 aliphatic carbocycles. The third kappa shape index (κ3) is 0.985. The Hall–Kier alpha value is -1.05. The van der Waals surface area contributed by atoms with Crippen LogP contribution in [0.3, 0.4) is 0 Å². The fourth-order valence-electron chi connectivity index (χ4n) is 1.45. The molecule has 0 saturated heterocycles. The summed E-state index contributed by atoms with van der Waals surface area (Å²) in [5.41, 5.74) is 1.90. The summed E-state index contributed by atoms with van der Waals surface area (Å²) in [7, 11) is 0. The van der Waals surface area contributed by atoms with E-state index in [-0.39, 0.29) is 5.82 Å². The van der Waals surface area contributed by atoms with Crippen LogP contribution in [-0.2, 0) is 6.42 Å². The molecule has 0 radical (unpaired) electrons. The van der Waals surface area contributed by atoms with Crippen LogP contribution in [0.5, 0.6) is 5.75 Å². The van der Waals surface area contributed by atoms with E-state index in [4.69, 9.17) is 4.74 Å². The minimum atomic E-state index is -0.160. The molecular weight excluding hydrogens is 143 g/mol. The van der Waals surface area contributed by atoms with Crippen molar-refractivity contribution < 1.29 is 9.13 Å². The summed E-state index contributed by atoms with van der Waals surface area (Å²) in [6, 6.07) is 3.06. The van der Waals surface area contributed by atoms with Gasteiger partial charge in [-0.2, -0.15) is 0 Å². The summed E-state index contributed by atoms with van der Waals surface area (Å²) in [5.74, 6) is 0.721. The molecule has 1 aromatic rings. The largest absolute Gasteiger partial charge is 0.493 e. The van der Waals surface area contributed by atoms with Gasteiger partial charge in [0.25, 0.3) is 0 Å². The number of aryl methyl sites for hydroxylation is 1. The predicted molar refractivity (Wildman–Crippen MR) is 40.3 cm³/mol. The van der Waals surface area contributed by atoms with Crippen molar-refractivity contribution in [3.8, 4) is 5.75 Å². The van der Waals surface area contributed by atoms with Gasteiger partial charge in [-0.15, -0.1) is 0 Å². The lowest BCUT2D eigenvalue weighted by atomic mass is 10.1. The van der Waals surface area contributed by atoms with Crippen LogP contribution < -0.4 is 4.74 Å². The van der Waals surface area contributed by atoms with Crippen molar-refractivity contribution in [2.75, 3.05) is 6.61 Å². The zero-order valence-corrected chi connectivity index (χ0v) is 6.36. The molecule has 58 valence electrons. The molecule has 0 unspecified atom stereocenters. The number of rotatable bonds is 0. The highest BCUT2D eigenvalue weighted by atomic mass is 19.1. The molecular formula is C9H9FO. The first-order valence-corrected chi connectivity index (χ1v) is 3.69. The lowest BCUT2D eigenvalue weighted by Gasteiger charge is -2.02. The van der Waals surface area contributed by atoms with Crippen LogP contribution in [0.25, 0.3) is 0 Å². The highest BCUT2D eigenvalue weighted by Gasteiger charge is 2.14. The average Bonchev–Trinajstić information content (AvgIpc) is 2.34. The Morgan fingerprint density at radius 1 is 1.45 bits per heavy atom. The van der Waals surface area contributed by atoms with Crippen molar-refractivity contribution >= 4 is 0 Å². The van der Waals surface area contributed by atoms with Crippen LogP contribution in [0.15, 0.2) is 12.1 Å². The summed E-state index contributed by atoms with van der Waals surface area (Å²) >= 11 is 0. The van der Waals surface area contributed by atoms with E-state index in [9.17, 15) is 4.39 Å². The summed E-state index contributed by atoms with van der Waals surface area (Å²) in [6.45, 7) is 2.56. The first-order valence-electron chi connectivity index (χ1n) is 3.69. The maximum absolute atomic E-state index is 12.8. The van der Waals surface area contributed by atoms with Crippen LogP contribution in [0, 0.1) is 12.7 Å². The zero-order valence-electron chi connectivity index (χ0n) is 6.36. The van der Waals surface area contributed by atoms with Gasteiger partial charge in [-0.25, -0.2) is 4.39 Å². The van der Waals surface area contributed by atoms with E-state index < -0.39 is 0 Å². The second-order valence-corrected chi connectivity index (χ2v) is 2.81. The molecule has 0 atom stereocenters. The number of hydrogen-bond acceptors (Lipinski definition) is 1. The van der Waals surface area contributed by atoms with Crippen molar-refractivity contribution in [3.63, 3.8) is 0 Å². The number of fused-ring (bicyclic) bond motifs is 1. The van der Waals surface area contributed by atoms with Gasteiger partial charge in [0, 0.05) is 12.0 Å². The Bertz CT molecular complexity index is 294. The number of hydrogen-bond donors (Lipinski definition) is 0. The molecule has 0 spiro atoms. The Labute approximate surface area is 64.8 Å². The van der Waals surface area contributed by atoms with E-state index in [0.29, 0.717) is 6.61 Å². The molecule has 1 aliphatic rings. The van der Waals surface area contributed by atoms with Crippen molar-refractivity contribution in [2.45, 2.75) is 13.3 Å². The van der Waals surface area contributed by atoms with E-state index in [1.165, 1.54) is 6.07 Å². The first-order chi connectivity index (χ1) is 5.27. The normalized spacial score (nSPS) is 14.4. The molecule has 1 heterocycles. The van der Waals surface area contributed by atoms with Crippen LogP contribution >= 0.6 is 0 Å². The van der Waals surface area contributed by atoms with Crippen molar-refractivity contribution in [1.29, 1.82) is 0 Å². The minimum Gasteiger partial charge on any atom is -0.493 e. The van der Waals surface area contributed by atoms with Gasteiger partial charge in [0.2, 0.25) is 0 Å². The Morgan fingerprint density at radius 3 is 3.09 bits per heavy atom. The Kier molecular flexibility index (Phi) is 1.34. The van der Waals surface area contributed by atoms with Crippen LogP contribution in [0.2, 0.25) is 0 Å². The Morgan fingerprint density at radius 2 is 2.27 bits per heavy atom. The van der Waals surface area contributed by atoms with Crippen LogP contribution in [-0.4, -0.2) is 6.61 Å². The molecule has 0 amide bonds. The van der Waals surface area contributed by atoms with Crippen LogP contribution in [0.1, 0.15) is 11.1 Å². The number of ether oxygens (including phenoxy) is 1. The van der Waals surface area contributed by atoms with E-state index in [1.54, 1.807) is 6.07 Å². The predicted octanol–water partition coefficient (Wildman–Crippen LogP) is 2.07. The second-order valence-electron chi connectivity index (χ2n) is 2.81. The van der Waals surface area contributed by atoms with Gasteiger partial charge in [0.05, 0.1) is 6.61 Å². The molecule has 0 N–H and O–H groups in total. The van der Waals surface area contributed by atoms with Crippen LogP contribution in [0.4, 0.5) is 4.39 Å². The standard InChI is InChI=1S/C9H9FO/c1-6-4-8(10)5-7-2-3-11-9(6)7/h4-5H,2-3H2,1H3. The zero-order chi connectivity index (χ0) is 7.84. The average molecular weight is 152 g/mol. The third-order valence-electron chi connectivity index (χ3n) is 1.93. The molecule has 0 fully saturated rings. The lowest BCUT2D eigenvalue weighted by Crippen LogP contribution is -1.88. The summed E-state index contributed by atoms with van der Waals surface area (Å²) in [4.78, 5) is 0. The van der Waals surface area contributed by atoms with Gasteiger partial charge >= 0.3 is 0 Å². The molecule has 1 aliphatic heterocycles. The molecule has 0 saturated carbocycles. The molecule has 11 heavy (non-hydrogen) atoms. The molecule has 1 aromatic carbocycles. The smallest absolute Gasteiger partial charge is 0.125 e. The molecule has 1 nitrogen and oxygen atoms in total. The summed E-state index contributed by atoms with van der Waals surface area (Å²) in [5, 5.41) is 0. The number of benzene rings is 1. The maximum Gasteiger partial charge on any atom is 0.125 e. The monoisotopic (exact) mass is 152 g/mol. The van der Waals surface area contributed by atoms with Crippen molar-refractivity contribution in [1.82, 2.24) is 0 Å². The molecule has 0 aromatic heterocycles. The van der Waals surface area contributed by atoms with Crippen molar-refractivity contribution in [3.05, 3.63) is 29.1 Å². The fraction of sp³-hybridized carbons (Fsp3) is 0.333. The van der Waals surface area contributed by atoms with E-state index in [1.807, 2.05) is 6.92 Å². The van der Waals surface area contributed by atoms with Gasteiger partial charge < -0.3 is 4.74 Å². The van der Waals surface area contributed by atoms with Crippen molar-refractivity contribution in [2.24, 2.45) is 0 Å². The lowest BCUT2D eigenvalue weighted by molar-refractivity contribution is 0.354. The van der Waals surface area contributed by atoms with E-state index >= 15 is 0 Å². The van der Waals surface area contributed by atoms with E-state index in [0.717, 1.165) is 23.3 Å². The Balaban J connectivity index is 2.60. The highest BCUT2D eigenvalue weighted by molar-refractivity contribution is 5.43. The second kappa shape index (κ2) is 2.22. The molecule has 2 heteroatoms. The van der Waals surface area contributed by atoms with Gasteiger partial charge in [0.15, 0.2) is 0 Å². The van der Waals surface area contributed by atoms with E-state index in [2.05, 4.69) is 0 Å². The minimum absolute atomic E-state index is 0.160. The fourth-order valence-corrected chi connectivity index (χ4v) is 1.45. The maximum atomic E-state index is 12.8. The van der Waals surface area contributed by atoms with Gasteiger partial charge in [0.1, 0.15) is 11.6 Å². The van der Waals surface area contributed by atoms with Gasteiger partial charge in [-0.1, -0.05) is 0 Å². The van der Waals surface area contributed by atoms with Gasteiger partial charge in [-0.05, 0) is 24.6 Å². The van der Waals surface area contributed by atoms with Gasteiger partial charge in [-0.3, -0.25) is 0 Å². The number of halogens is 1. The molecule has 2 rings (SSSR count). The quantitative estimate of drug-likeness (QED) is 0.553. The summed E-state index contributed by atoms with van der Waals surface area (Å²) in [6.07, 6.45) is 0.841. The molecule has 0 bridgehead atoms. The SMILES string of the molecule is Cc1cc(F)cc2c1OCC2. The highest BCUT2D eigenvalue weighted by Crippen LogP contribution is 2.29.